The van der Waals surface area contributed by atoms with E-state index in [-0.39, 0.29) is 22.8 Å². The number of hydrogen-bond donors (Lipinski definition) is 0. The molecule has 8 heteroatoms. The van der Waals surface area contributed by atoms with Gasteiger partial charge in [0.25, 0.3) is 5.91 Å². The average Bonchev–Trinajstić information content (AvgIpc) is 3.38. The lowest BCUT2D eigenvalue weighted by molar-refractivity contribution is -0.133. The van der Waals surface area contributed by atoms with Crippen LogP contribution < -0.4 is 0 Å². The van der Waals surface area contributed by atoms with Gasteiger partial charge in [-0.1, -0.05) is 35.9 Å². The standard InChI is InChI=1S/C23H21ClFN3O3/c1-27(13-17-18(24)10-6-11-19(17)25)21(29)14-31-23(30)22-16-9-5-12-20(16)28(26-22)15-7-3-2-4-8-15/h2-4,6-8,10-11H,5,9,12-14H2,1H3. The first-order chi connectivity index (χ1) is 15.0. The molecule has 4 rings (SSSR count). The van der Waals surface area contributed by atoms with E-state index in [2.05, 4.69) is 5.10 Å². The molecular weight excluding hydrogens is 421 g/mol. The summed E-state index contributed by atoms with van der Waals surface area (Å²) in [6, 6.07) is 13.9. The van der Waals surface area contributed by atoms with Crippen molar-refractivity contribution in [2.24, 2.45) is 0 Å². The van der Waals surface area contributed by atoms with Crippen LogP contribution in [0.2, 0.25) is 5.02 Å². The Morgan fingerprint density at radius 2 is 1.94 bits per heavy atom. The van der Waals surface area contributed by atoms with Crippen LogP contribution in [0.1, 0.15) is 33.7 Å². The van der Waals surface area contributed by atoms with E-state index in [0.29, 0.717) is 0 Å². The van der Waals surface area contributed by atoms with Gasteiger partial charge in [-0.3, -0.25) is 4.79 Å². The summed E-state index contributed by atoms with van der Waals surface area (Å²) < 4.78 is 21.0. The van der Waals surface area contributed by atoms with Crippen molar-refractivity contribution in [2.75, 3.05) is 13.7 Å². The molecule has 160 valence electrons. The fraction of sp³-hybridized carbons (Fsp3) is 0.261. The van der Waals surface area contributed by atoms with Gasteiger partial charge < -0.3 is 9.64 Å². The van der Waals surface area contributed by atoms with Crippen LogP contribution in [0.3, 0.4) is 0 Å². The average molecular weight is 442 g/mol. The van der Waals surface area contributed by atoms with Gasteiger partial charge in [-0.15, -0.1) is 0 Å². The van der Waals surface area contributed by atoms with Crippen molar-refractivity contribution in [2.45, 2.75) is 25.8 Å². The Labute approximate surface area is 184 Å². The minimum absolute atomic E-state index is 0.0279. The van der Waals surface area contributed by atoms with Crippen LogP contribution in [0.4, 0.5) is 4.39 Å². The first-order valence-corrected chi connectivity index (χ1v) is 10.3. The molecule has 0 fully saturated rings. The lowest BCUT2D eigenvalue weighted by Crippen LogP contribution is -2.31. The maximum absolute atomic E-state index is 14.0. The second-order valence-electron chi connectivity index (χ2n) is 7.40. The fourth-order valence-electron chi connectivity index (χ4n) is 3.70. The highest BCUT2D eigenvalue weighted by Gasteiger charge is 2.28. The predicted molar refractivity (Wildman–Crippen MR) is 114 cm³/mol. The number of hydrogen-bond acceptors (Lipinski definition) is 4. The van der Waals surface area contributed by atoms with E-state index in [1.165, 1.54) is 24.1 Å². The van der Waals surface area contributed by atoms with Gasteiger partial charge in [0, 0.05) is 35.4 Å². The lowest BCUT2D eigenvalue weighted by atomic mass is 10.2. The molecule has 1 aliphatic carbocycles. The monoisotopic (exact) mass is 441 g/mol. The number of ether oxygens (including phenoxy) is 1. The van der Waals surface area contributed by atoms with Gasteiger partial charge in [-0.2, -0.15) is 5.10 Å². The molecule has 0 saturated heterocycles. The molecule has 0 aliphatic heterocycles. The van der Waals surface area contributed by atoms with Crippen LogP contribution in [-0.4, -0.2) is 40.2 Å². The molecular formula is C23H21ClFN3O3. The summed E-state index contributed by atoms with van der Waals surface area (Å²) in [5.41, 5.74) is 3.19. The zero-order valence-electron chi connectivity index (χ0n) is 17.0. The van der Waals surface area contributed by atoms with Crippen LogP contribution >= 0.6 is 11.6 Å². The molecule has 0 unspecified atom stereocenters. The van der Waals surface area contributed by atoms with Crippen LogP contribution in [-0.2, 0) is 28.9 Å². The highest BCUT2D eigenvalue weighted by Crippen LogP contribution is 2.28. The summed E-state index contributed by atoms with van der Waals surface area (Å²) in [6.07, 6.45) is 2.51. The van der Waals surface area contributed by atoms with Crippen molar-refractivity contribution in [3.63, 3.8) is 0 Å². The van der Waals surface area contributed by atoms with E-state index in [1.54, 1.807) is 10.7 Å². The summed E-state index contributed by atoms with van der Waals surface area (Å²) in [5, 5.41) is 4.70. The van der Waals surface area contributed by atoms with E-state index < -0.39 is 24.3 Å². The predicted octanol–water partition coefficient (Wildman–Crippen LogP) is 3.97. The maximum atomic E-state index is 14.0. The number of benzene rings is 2. The Kier molecular flexibility index (Phi) is 6.04. The summed E-state index contributed by atoms with van der Waals surface area (Å²) in [5.74, 6) is -1.60. The molecule has 0 bridgehead atoms. The molecule has 0 saturated carbocycles. The highest BCUT2D eigenvalue weighted by molar-refractivity contribution is 6.31. The van der Waals surface area contributed by atoms with E-state index >= 15 is 0 Å². The van der Waals surface area contributed by atoms with Crippen LogP contribution in [0, 0.1) is 5.82 Å². The molecule has 1 amide bonds. The zero-order chi connectivity index (χ0) is 22.0. The third-order valence-electron chi connectivity index (χ3n) is 5.33. The molecule has 1 aromatic heterocycles. The molecule has 1 heterocycles. The van der Waals surface area contributed by atoms with E-state index in [1.807, 2.05) is 30.3 Å². The smallest absolute Gasteiger partial charge is 0.359 e. The second-order valence-corrected chi connectivity index (χ2v) is 7.81. The zero-order valence-corrected chi connectivity index (χ0v) is 17.7. The first-order valence-electron chi connectivity index (χ1n) is 9.96. The van der Waals surface area contributed by atoms with Crippen LogP contribution in [0.15, 0.2) is 48.5 Å². The lowest BCUT2D eigenvalue weighted by Gasteiger charge is -2.18. The van der Waals surface area contributed by atoms with E-state index in [4.69, 9.17) is 16.3 Å². The first kappa shape index (κ1) is 21.1. The van der Waals surface area contributed by atoms with Crippen molar-refractivity contribution in [3.05, 3.63) is 81.9 Å². The van der Waals surface area contributed by atoms with Gasteiger partial charge >= 0.3 is 5.97 Å². The van der Waals surface area contributed by atoms with Crippen molar-refractivity contribution < 1.29 is 18.7 Å². The van der Waals surface area contributed by atoms with Crippen LogP contribution in [0.5, 0.6) is 0 Å². The van der Waals surface area contributed by atoms with Crippen molar-refractivity contribution in [1.29, 1.82) is 0 Å². The van der Waals surface area contributed by atoms with Gasteiger partial charge in [-0.25, -0.2) is 13.9 Å². The Morgan fingerprint density at radius 3 is 2.68 bits per heavy atom. The summed E-state index contributed by atoms with van der Waals surface area (Å²) in [7, 11) is 1.50. The quantitative estimate of drug-likeness (QED) is 0.543. The molecule has 0 radical (unpaired) electrons. The van der Waals surface area contributed by atoms with Crippen molar-refractivity contribution in [3.8, 4) is 5.69 Å². The Hall–Kier alpha value is -3.19. The largest absolute Gasteiger partial charge is 0.451 e. The van der Waals surface area contributed by atoms with Gasteiger partial charge in [0.2, 0.25) is 0 Å². The maximum Gasteiger partial charge on any atom is 0.359 e. The third-order valence-corrected chi connectivity index (χ3v) is 5.69. The van der Waals surface area contributed by atoms with Gasteiger partial charge in [0.15, 0.2) is 12.3 Å². The van der Waals surface area contributed by atoms with Gasteiger partial charge in [0.1, 0.15) is 5.82 Å². The molecule has 6 nitrogen and oxygen atoms in total. The molecule has 2 aromatic carbocycles. The number of carbonyl (C=O) groups excluding carboxylic acids is 2. The Bertz CT molecular complexity index is 1110. The molecule has 1 aliphatic rings. The summed E-state index contributed by atoms with van der Waals surface area (Å²) in [4.78, 5) is 26.4. The number of carbonyl (C=O) groups is 2. The number of halogens is 2. The molecule has 3 aromatic rings. The van der Waals surface area contributed by atoms with Crippen molar-refractivity contribution in [1.82, 2.24) is 14.7 Å². The Morgan fingerprint density at radius 1 is 1.16 bits per heavy atom. The highest BCUT2D eigenvalue weighted by atomic mass is 35.5. The number of likely N-dealkylation sites (N-methyl/N-ethyl adjacent to an activating group) is 1. The minimum Gasteiger partial charge on any atom is -0.451 e. The number of fused-ring (bicyclic) bond motifs is 1. The second kappa shape index (κ2) is 8.89. The number of aromatic nitrogens is 2. The number of para-hydroxylation sites is 1. The van der Waals surface area contributed by atoms with E-state index in [0.717, 1.165) is 36.2 Å². The summed E-state index contributed by atoms with van der Waals surface area (Å²) in [6.45, 7) is -0.492. The molecule has 0 N–H and O–H groups in total. The molecule has 0 spiro atoms. The topological polar surface area (TPSA) is 64.4 Å². The molecule has 0 atom stereocenters. The summed E-state index contributed by atoms with van der Waals surface area (Å²) >= 11 is 6.02. The van der Waals surface area contributed by atoms with Crippen LogP contribution in [0.25, 0.3) is 5.69 Å². The number of nitrogens with zero attached hydrogens (tertiary/aromatic N) is 3. The van der Waals surface area contributed by atoms with Gasteiger partial charge in [-0.05, 0) is 43.5 Å². The van der Waals surface area contributed by atoms with E-state index in [9.17, 15) is 14.0 Å². The fourth-order valence-corrected chi connectivity index (χ4v) is 3.92. The SMILES string of the molecule is CN(Cc1c(F)cccc1Cl)C(=O)COC(=O)c1nn(-c2ccccc2)c2c1CCC2. The number of amides is 1. The van der Waals surface area contributed by atoms with Crippen molar-refractivity contribution >= 4 is 23.5 Å². The minimum atomic E-state index is -0.640. The number of esters is 1. The molecule has 31 heavy (non-hydrogen) atoms. The number of rotatable bonds is 6. The third kappa shape index (κ3) is 4.32. The normalized spacial score (nSPS) is 12.5. The van der Waals surface area contributed by atoms with Gasteiger partial charge in [0.05, 0.1) is 5.69 Å². The Balaban J connectivity index is 1.44.